The standard InChI is InChI=1S/C23H31N5O3/c1-23(2,30)19-9-6-16(12-24-19)18-13-25-21-22(26-18)28(14-20(29)27-21)11-10-15-4-7-17(31-3)8-5-15/h6,9,12-13,15,17,30H,4-5,7-8,10-11,14H2,1-3H3,(H,25,27,29). The Balaban J connectivity index is 1.50. The minimum absolute atomic E-state index is 0.0613. The normalized spacial score (nSPS) is 21.5. The van der Waals surface area contributed by atoms with Crippen molar-refractivity contribution in [3.8, 4) is 11.3 Å². The zero-order chi connectivity index (χ0) is 22.0. The summed E-state index contributed by atoms with van der Waals surface area (Å²) in [6.07, 6.45) is 9.30. The minimum Gasteiger partial charge on any atom is -0.384 e. The highest BCUT2D eigenvalue weighted by Gasteiger charge is 2.27. The third kappa shape index (κ3) is 5.02. The van der Waals surface area contributed by atoms with Gasteiger partial charge >= 0.3 is 0 Å². The van der Waals surface area contributed by atoms with Crippen molar-refractivity contribution < 1.29 is 14.6 Å². The van der Waals surface area contributed by atoms with Crippen molar-refractivity contribution in [1.29, 1.82) is 0 Å². The fraction of sp³-hybridized carbons (Fsp3) is 0.565. The summed E-state index contributed by atoms with van der Waals surface area (Å²) in [7, 11) is 1.79. The van der Waals surface area contributed by atoms with Gasteiger partial charge in [0.1, 0.15) is 5.60 Å². The molecule has 0 atom stereocenters. The third-order valence-corrected chi connectivity index (χ3v) is 6.27. The Morgan fingerprint density at radius 1 is 1.19 bits per heavy atom. The number of ether oxygens (including phenoxy) is 1. The molecule has 2 aliphatic rings. The first-order chi connectivity index (χ1) is 14.8. The van der Waals surface area contributed by atoms with Gasteiger partial charge in [0.15, 0.2) is 11.6 Å². The van der Waals surface area contributed by atoms with E-state index < -0.39 is 5.60 Å². The van der Waals surface area contributed by atoms with Gasteiger partial charge in [0.05, 0.1) is 30.2 Å². The predicted molar refractivity (Wildman–Crippen MR) is 119 cm³/mol. The molecule has 3 heterocycles. The van der Waals surface area contributed by atoms with Crippen molar-refractivity contribution >= 4 is 17.5 Å². The molecule has 166 valence electrons. The summed E-state index contributed by atoms with van der Waals surface area (Å²) in [6, 6.07) is 3.68. The molecule has 0 unspecified atom stereocenters. The SMILES string of the molecule is COC1CCC(CCN2CC(=O)Nc3ncc(-c4ccc(C(C)(C)O)nc4)nc32)CC1. The summed E-state index contributed by atoms with van der Waals surface area (Å²) in [4.78, 5) is 27.8. The Labute approximate surface area is 183 Å². The first kappa shape index (κ1) is 21.6. The van der Waals surface area contributed by atoms with Gasteiger partial charge in [-0.3, -0.25) is 9.78 Å². The molecule has 8 heteroatoms. The summed E-state index contributed by atoms with van der Waals surface area (Å²) in [5, 5.41) is 12.9. The van der Waals surface area contributed by atoms with Crippen LogP contribution in [0.4, 0.5) is 11.6 Å². The van der Waals surface area contributed by atoms with E-state index >= 15 is 0 Å². The molecule has 31 heavy (non-hydrogen) atoms. The molecule has 2 aromatic rings. The topological polar surface area (TPSA) is 100 Å². The van der Waals surface area contributed by atoms with Gasteiger partial charge in [0.25, 0.3) is 0 Å². The molecule has 1 aliphatic heterocycles. The van der Waals surface area contributed by atoms with E-state index in [2.05, 4.69) is 15.3 Å². The second-order valence-electron chi connectivity index (χ2n) is 9.06. The van der Waals surface area contributed by atoms with Crippen LogP contribution in [-0.2, 0) is 15.1 Å². The van der Waals surface area contributed by atoms with Crippen LogP contribution in [0, 0.1) is 5.92 Å². The Bertz CT molecular complexity index is 918. The van der Waals surface area contributed by atoms with Crippen molar-refractivity contribution in [3.63, 3.8) is 0 Å². The number of carbonyl (C=O) groups is 1. The lowest BCUT2D eigenvalue weighted by Gasteiger charge is -2.32. The van der Waals surface area contributed by atoms with Crippen molar-refractivity contribution in [1.82, 2.24) is 15.0 Å². The number of rotatable bonds is 6. The number of aromatic nitrogens is 3. The molecule has 8 nitrogen and oxygen atoms in total. The van der Waals surface area contributed by atoms with Crippen LogP contribution < -0.4 is 10.2 Å². The summed E-state index contributed by atoms with van der Waals surface area (Å²) in [6.45, 7) is 4.47. The summed E-state index contributed by atoms with van der Waals surface area (Å²) in [5.41, 5.74) is 1.11. The molecule has 0 bridgehead atoms. The summed E-state index contributed by atoms with van der Waals surface area (Å²) < 4.78 is 5.47. The van der Waals surface area contributed by atoms with E-state index in [0.29, 0.717) is 35.0 Å². The van der Waals surface area contributed by atoms with Gasteiger partial charge in [0, 0.05) is 25.4 Å². The number of hydrogen-bond acceptors (Lipinski definition) is 7. The van der Waals surface area contributed by atoms with E-state index in [1.807, 2.05) is 11.0 Å². The minimum atomic E-state index is -0.996. The molecule has 0 saturated heterocycles. The summed E-state index contributed by atoms with van der Waals surface area (Å²) in [5.74, 6) is 1.79. The number of amides is 1. The quantitative estimate of drug-likeness (QED) is 0.733. The number of nitrogens with one attached hydrogen (secondary N) is 1. The number of anilines is 2. The Hall–Kier alpha value is -2.58. The average molecular weight is 426 g/mol. The van der Waals surface area contributed by atoms with E-state index in [0.717, 1.165) is 44.2 Å². The number of pyridine rings is 1. The lowest BCUT2D eigenvalue weighted by molar-refractivity contribution is -0.115. The highest BCUT2D eigenvalue weighted by atomic mass is 16.5. The number of methoxy groups -OCH3 is 1. The van der Waals surface area contributed by atoms with Gasteiger partial charge in [-0.15, -0.1) is 0 Å². The fourth-order valence-corrected chi connectivity index (χ4v) is 4.33. The lowest BCUT2D eigenvalue weighted by atomic mass is 9.85. The second-order valence-corrected chi connectivity index (χ2v) is 9.06. The predicted octanol–water partition coefficient (Wildman–Crippen LogP) is 3.12. The van der Waals surface area contributed by atoms with Crippen LogP contribution in [0.3, 0.4) is 0 Å². The van der Waals surface area contributed by atoms with Crippen LogP contribution in [0.2, 0.25) is 0 Å². The molecule has 4 rings (SSSR count). The van der Waals surface area contributed by atoms with Crippen LogP contribution in [-0.4, -0.2) is 52.3 Å². The molecule has 0 radical (unpaired) electrons. The van der Waals surface area contributed by atoms with Gasteiger partial charge in [-0.1, -0.05) is 0 Å². The maximum Gasteiger partial charge on any atom is 0.245 e. The largest absolute Gasteiger partial charge is 0.384 e. The number of carbonyl (C=O) groups excluding carboxylic acids is 1. The zero-order valence-corrected chi connectivity index (χ0v) is 18.5. The summed E-state index contributed by atoms with van der Waals surface area (Å²) >= 11 is 0. The molecule has 1 aliphatic carbocycles. The Kier molecular flexibility index (Phi) is 6.20. The Morgan fingerprint density at radius 2 is 1.97 bits per heavy atom. The van der Waals surface area contributed by atoms with Gasteiger partial charge in [-0.25, -0.2) is 9.97 Å². The maximum atomic E-state index is 12.2. The molecule has 0 aromatic carbocycles. The molecule has 2 N–H and O–H groups in total. The van der Waals surface area contributed by atoms with Crippen LogP contribution in [0.15, 0.2) is 24.5 Å². The van der Waals surface area contributed by atoms with Crippen LogP contribution in [0.25, 0.3) is 11.3 Å². The number of aliphatic hydroxyl groups is 1. The van der Waals surface area contributed by atoms with E-state index in [4.69, 9.17) is 9.72 Å². The molecular formula is C23H31N5O3. The number of fused-ring (bicyclic) bond motifs is 1. The molecule has 2 aromatic heterocycles. The first-order valence-electron chi connectivity index (χ1n) is 11.0. The van der Waals surface area contributed by atoms with Crippen molar-refractivity contribution in [2.75, 3.05) is 30.4 Å². The van der Waals surface area contributed by atoms with E-state index in [1.165, 1.54) is 0 Å². The highest BCUT2D eigenvalue weighted by molar-refractivity contribution is 5.99. The van der Waals surface area contributed by atoms with Crippen molar-refractivity contribution in [2.24, 2.45) is 5.92 Å². The molecule has 1 fully saturated rings. The molecular weight excluding hydrogens is 394 g/mol. The number of nitrogens with zero attached hydrogens (tertiary/aromatic N) is 4. The molecule has 1 saturated carbocycles. The second kappa shape index (κ2) is 8.88. The van der Waals surface area contributed by atoms with Crippen molar-refractivity contribution in [3.05, 3.63) is 30.2 Å². The van der Waals surface area contributed by atoms with Gasteiger partial charge < -0.3 is 20.1 Å². The smallest absolute Gasteiger partial charge is 0.245 e. The van der Waals surface area contributed by atoms with Crippen LogP contribution in [0.1, 0.15) is 51.6 Å². The van der Waals surface area contributed by atoms with Crippen molar-refractivity contribution in [2.45, 2.75) is 57.7 Å². The highest BCUT2D eigenvalue weighted by Crippen LogP contribution is 2.32. The third-order valence-electron chi connectivity index (χ3n) is 6.27. The van der Waals surface area contributed by atoms with Crippen LogP contribution in [0.5, 0.6) is 0 Å². The Morgan fingerprint density at radius 3 is 2.61 bits per heavy atom. The van der Waals surface area contributed by atoms with E-state index in [-0.39, 0.29) is 12.5 Å². The average Bonchev–Trinajstić information content (AvgIpc) is 2.77. The first-order valence-corrected chi connectivity index (χ1v) is 11.0. The number of hydrogen-bond donors (Lipinski definition) is 2. The van der Waals surface area contributed by atoms with E-state index in [1.54, 1.807) is 39.4 Å². The van der Waals surface area contributed by atoms with Gasteiger partial charge in [-0.05, 0) is 64.0 Å². The van der Waals surface area contributed by atoms with Gasteiger partial charge in [-0.2, -0.15) is 0 Å². The zero-order valence-electron chi connectivity index (χ0n) is 18.5. The lowest BCUT2D eigenvalue weighted by Crippen LogP contribution is -2.40. The molecule has 1 amide bonds. The molecule has 0 spiro atoms. The van der Waals surface area contributed by atoms with E-state index in [9.17, 15) is 9.90 Å². The van der Waals surface area contributed by atoms with Crippen LogP contribution >= 0.6 is 0 Å². The van der Waals surface area contributed by atoms with Gasteiger partial charge in [0.2, 0.25) is 5.91 Å². The fourth-order valence-electron chi connectivity index (χ4n) is 4.33. The maximum absolute atomic E-state index is 12.2. The monoisotopic (exact) mass is 425 g/mol.